The van der Waals surface area contributed by atoms with Gasteiger partial charge < -0.3 is 5.11 Å². The van der Waals surface area contributed by atoms with Crippen LogP contribution in [-0.2, 0) is 6.42 Å². The first-order valence-corrected chi connectivity index (χ1v) is 4.51. The Morgan fingerprint density at radius 1 is 1.00 bits per heavy atom. The summed E-state index contributed by atoms with van der Waals surface area (Å²) in [6.07, 6.45) is 4.47. The Labute approximate surface area is 95.0 Å². The number of rotatable bonds is 2. The van der Waals surface area contributed by atoms with Crippen molar-refractivity contribution in [1.82, 2.24) is 4.98 Å². The van der Waals surface area contributed by atoms with Crippen LogP contribution in [0.5, 0.6) is 5.75 Å². The second-order valence-electron chi connectivity index (χ2n) is 3.20. The summed E-state index contributed by atoms with van der Waals surface area (Å²) in [5.41, 5.74) is 2.36. The van der Waals surface area contributed by atoms with Gasteiger partial charge in [0.05, 0.1) is 0 Å². The average molecular weight is 222 g/mol. The van der Waals surface area contributed by atoms with E-state index in [1.807, 2.05) is 30.5 Å². The Morgan fingerprint density at radius 2 is 1.73 bits per heavy atom. The van der Waals surface area contributed by atoms with Crippen LogP contribution >= 0.6 is 12.4 Å². The van der Waals surface area contributed by atoms with Crippen LogP contribution in [0, 0.1) is 0 Å². The Bertz CT molecular complexity index is 400. The van der Waals surface area contributed by atoms with E-state index in [0.717, 1.165) is 6.42 Å². The Morgan fingerprint density at radius 3 is 2.33 bits per heavy atom. The summed E-state index contributed by atoms with van der Waals surface area (Å²) in [5.74, 6) is 0.305. The van der Waals surface area contributed by atoms with Crippen LogP contribution in [0.4, 0.5) is 0 Å². The highest BCUT2D eigenvalue weighted by Gasteiger charge is 1.95. The maximum atomic E-state index is 9.11. The fourth-order valence-corrected chi connectivity index (χ4v) is 1.35. The quantitative estimate of drug-likeness (QED) is 0.846. The van der Waals surface area contributed by atoms with E-state index in [1.165, 1.54) is 11.1 Å². The van der Waals surface area contributed by atoms with Gasteiger partial charge in [-0.15, -0.1) is 12.4 Å². The lowest BCUT2D eigenvalue weighted by molar-refractivity contribution is 0.475. The van der Waals surface area contributed by atoms with Gasteiger partial charge in [-0.3, -0.25) is 4.98 Å². The standard InChI is InChI=1S/C12H11NO.ClH/c14-12-5-3-10(4-6-12)8-11-2-1-7-13-9-11;/h1-7,9,14H,8H2;1H. The van der Waals surface area contributed by atoms with E-state index in [1.54, 1.807) is 18.3 Å². The van der Waals surface area contributed by atoms with Gasteiger partial charge in [-0.1, -0.05) is 18.2 Å². The largest absolute Gasteiger partial charge is 0.508 e. The predicted molar refractivity (Wildman–Crippen MR) is 62.4 cm³/mol. The number of benzene rings is 1. The smallest absolute Gasteiger partial charge is 0.115 e. The van der Waals surface area contributed by atoms with Crippen molar-refractivity contribution in [2.75, 3.05) is 0 Å². The molecule has 2 rings (SSSR count). The molecule has 1 heterocycles. The zero-order valence-electron chi connectivity index (χ0n) is 8.13. The molecule has 0 spiro atoms. The second kappa shape index (κ2) is 5.37. The summed E-state index contributed by atoms with van der Waals surface area (Å²) in [4.78, 5) is 4.05. The van der Waals surface area contributed by atoms with Crippen LogP contribution in [0.1, 0.15) is 11.1 Å². The third-order valence-corrected chi connectivity index (χ3v) is 2.07. The first-order valence-electron chi connectivity index (χ1n) is 4.51. The molecule has 1 N–H and O–H groups in total. The van der Waals surface area contributed by atoms with Crippen molar-refractivity contribution in [2.24, 2.45) is 0 Å². The fraction of sp³-hybridized carbons (Fsp3) is 0.0833. The van der Waals surface area contributed by atoms with Crippen molar-refractivity contribution in [1.29, 1.82) is 0 Å². The molecule has 0 unspecified atom stereocenters. The van der Waals surface area contributed by atoms with Crippen LogP contribution < -0.4 is 0 Å². The molecule has 3 heteroatoms. The maximum absolute atomic E-state index is 9.11. The van der Waals surface area contributed by atoms with Crippen LogP contribution in [-0.4, -0.2) is 10.1 Å². The molecule has 0 atom stereocenters. The monoisotopic (exact) mass is 221 g/mol. The molecule has 1 aromatic heterocycles. The summed E-state index contributed by atoms with van der Waals surface area (Å²) in [5, 5.41) is 9.11. The number of nitrogens with zero attached hydrogens (tertiary/aromatic N) is 1. The highest BCUT2D eigenvalue weighted by molar-refractivity contribution is 5.85. The molecule has 0 bridgehead atoms. The lowest BCUT2D eigenvalue weighted by Gasteiger charge is -2.00. The summed E-state index contributed by atoms with van der Waals surface area (Å²) < 4.78 is 0. The minimum absolute atomic E-state index is 0. The predicted octanol–water partition coefficient (Wildman–Crippen LogP) is 2.80. The Hall–Kier alpha value is -1.54. The van der Waals surface area contributed by atoms with Gasteiger partial charge in [0.15, 0.2) is 0 Å². The normalized spacial score (nSPS) is 9.33. The van der Waals surface area contributed by atoms with Gasteiger partial charge >= 0.3 is 0 Å². The van der Waals surface area contributed by atoms with Gasteiger partial charge in [0.25, 0.3) is 0 Å². The van der Waals surface area contributed by atoms with E-state index in [0.29, 0.717) is 5.75 Å². The molecule has 15 heavy (non-hydrogen) atoms. The third-order valence-electron chi connectivity index (χ3n) is 2.07. The van der Waals surface area contributed by atoms with Crippen molar-refractivity contribution in [3.05, 3.63) is 59.9 Å². The highest BCUT2D eigenvalue weighted by atomic mass is 35.5. The topological polar surface area (TPSA) is 33.1 Å². The summed E-state index contributed by atoms with van der Waals surface area (Å²) in [6, 6.07) is 11.2. The number of phenols is 1. The van der Waals surface area contributed by atoms with Crippen molar-refractivity contribution >= 4 is 12.4 Å². The zero-order chi connectivity index (χ0) is 9.80. The van der Waals surface area contributed by atoms with Gasteiger partial charge in [0.2, 0.25) is 0 Å². The molecule has 78 valence electrons. The van der Waals surface area contributed by atoms with Crippen LogP contribution in [0.25, 0.3) is 0 Å². The van der Waals surface area contributed by atoms with Crippen molar-refractivity contribution in [3.63, 3.8) is 0 Å². The number of aromatic hydroxyl groups is 1. The minimum atomic E-state index is 0. The molecule has 0 aliphatic rings. The van der Waals surface area contributed by atoms with Crippen molar-refractivity contribution < 1.29 is 5.11 Å². The molecule has 0 fully saturated rings. The molecule has 1 aromatic carbocycles. The third kappa shape index (κ3) is 3.26. The average Bonchev–Trinajstić information content (AvgIpc) is 2.23. The van der Waals surface area contributed by atoms with Crippen LogP contribution in [0.2, 0.25) is 0 Å². The molecule has 0 aliphatic heterocycles. The summed E-state index contributed by atoms with van der Waals surface area (Å²) >= 11 is 0. The molecule has 2 aromatic rings. The first-order chi connectivity index (χ1) is 6.84. The number of phenolic OH excluding ortho intramolecular Hbond substituents is 1. The summed E-state index contributed by atoms with van der Waals surface area (Å²) in [7, 11) is 0. The van der Waals surface area contributed by atoms with Gasteiger partial charge in [-0.2, -0.15) is 0 Å². The molecule has 0 saturated heterocycles. The van der Waals surface area contributed by atoms with Crippen LogP contribution in [0.15, 0.2) is 48.8 Å². The van der Waals surface area contributed by atoms with E-state index in [9.17, 15) is 0 Å². The molecule has 0 aliphatic carbocycles. The first kappa shape index (κ1) is 11.5. The number of hydrogen-bond donors (Lipinski definition) is 1. The van der Waals surface area contributed by atoms with Gasteiger partial charge in [-0.05, 0) is 35.7 Å². The van der Waals surface area contributed by atoms with Crippen molar-refractivity contribution in [3.8, 4) is 5.75 Å². The zero-order valence-corrected chi connectivity index (χ0v) is 8.95. The lowest BCUT2D eigenvalue weighted by Crippen LogP contribution is -1.87. The molecular formula is C12H12ClNO. The van der Waals surface area contributed by atoms with E-state index >= 15 is 0 Å². The minimum Gasteiger partial charge on any atom is -0.508 e. The van der Waals surface area contributed by atoms with Crippen LogP contribution in [0.3, 0.4) is 0 Å². The highest BCUT2D eigenvalue weighted by Crippen LogP contribution is 2.12. The number of hydrogen-bond acceptors (Lipinski definition) is 2. The molecule has 0 radical (unpaired) electrons. The lowest BCUT2D eigenvalue weighted by atomic mass is 10.1. The molecule has 0 amide bonds. The number of halogens is 1. The van der Waals surface area contributed by atoms with Gasteiger partial charge in [0, 0.05) is 12.4 Å². The SMILES string of the molecule is Cl.Oc1ccc(Cc2cccnc2)cc1. The Balaban J connectivity index is 0.00000112. The van der Waals surface area contributed by atoms with E-state index in [2.05, 4.69) is 4.98 Å². The second-order valence-corrected chi connectivity index (χ2v) is 3.20. The molecular weight excluding hydrogens is 210 g/mol. The maximum Gasteiger partial charge on any atom is 0.115 e. The number of pyridine rings is 1. The summed E-state index contributed by atoms with van der Waals surface area (Å²) in [6.45, 7) is 0. The van der Waals surface area contributed by atoms with E-state index in [4.69, 9.17) is 5.11 Å². The molecule has 2 nitrogen and oxygen atoms in total. The number of aromatic nitrogens is 1. The Kier molecular flexibility index (Phi) is 4.13. The van der Waals surface area contributed by atoms with Crippen molar-refractivity contribution in [2.45, 2.75) is 6.42 Å². The van der Waals surface area contributed by atoms with E-state index in [-0.39, 0.29) is 12.4 Å². The van der Waals surface area contributed by atoms with Gasteiger partial charge in [0.1, 0.15) is 5.75 Å². The fourth-order valence-electron chi connectivity index (χ4n) is 1.35. The van der Waals surface area contributed by atoms with Gasteiger partial charge in [-0.25, -0.2) is 0 Å². The van der Waals surface area contributed by atoms with E-state index < -0.39 is 0 Å². The molecule has 0 saturated carbocycles.